The van der Waals surface area contributed by atoms with Gasteiger partial charge < -0.3 is 19.8 Å². The normalized spacial score (nSPS) is 20.3. The Kier molecular flexibility index (Phi) is 5.12. The van der Waals surface area contributed by atoms with Crippen LogP contribution in [0.25, 0.3) is 0 Å². The molecule has 9 nitrogen and oxygen atoms in total. The van der Waals surface area contributed by atoms with Crippen LogP contribution in [0.15, 0.2) is 24.3 Å². The monoisotopic (exact) mass is 324 g/mol. The van der Waals surface area contributed by atoms with Gasteiger partial charge in [0, 0.05) is 18.2 Å². The fourth-order valence-electron chi connectivity index (χ4n) is 2.45. The number of carboxylic acid groups (broad SMARTS) is 1. The van der Waals surface area contributed by atoms with Gasteiger partial charge in [-0.15, -0.1) is 0 Å². The number of hydrogen-bond donors (Lipinski definition) is 2. The summed E-state index contributed by atoms with van der Waals surface area (Å²) in [5.41, 5.74) is 0.503. The number of β-amino-alcohol motifs (C(OH)–C–C–N with tert-alkyl or cyclic N) is 1. The highest BCUT2D eigenvalue weighted by Crippen LogP contribution is 2.22. The number of non-ortho nitro benzene ring substituents is 1. The first-order valence-corrected chi connectivity index (χ1v) is 6.93. The number of carbonyl (C=O) groups excluding carboxylic acids is 1. The average Bonchev–Trinajstić information content (AvgIpc) is 2.85. The molecule has 2 rings (SSSR count). The minimum absolute atomic E-state index is 0.0248. The molecule has 1 aromatic rings. The maximum Gasteiger partial charge on any atom is 0.410 e. The van der Waals surface area contributed by atoms with Crippen LogP contribution < -0.4 is 0 Å². The number of nitrogens with zero attached hydrogens (tertiary/aromatic N) is 2. The predicted molar refractivity (Wildman–Crippen MR) is 76.7 cm³/mol. The van der Waals surface area contributed by atoms with E-state index in [1.54, 1.807) is 0 Å². The number of ether oxygens (including phenoxy) is 1. The maximum atomic E-state index is 12.0. The molecule has 0 aromatic heterocycles. The Balaban J connectivity index is 1.92. The van der Waals surface area contributed by atoms with Crippen molar-refractivity contribution in [3.05, 3.63) is 39.9 Å². The summed E-state index contributed by atoms with van der Waals surface area (Å²) < 4.78 is 5.09. The van der Waals surface area contributed by atoms with E-state index in [0.29, 0.717) is 5.56 Å². The number of aliphatic carboxylic acids is 1. The van der Waals surface area contributed by atoms with Crippen LogP contribution in [-0.2, 0) is 16.1 Å². The van der Waals surface area contributed by atoms with Gasteiger partial charge in [-0.1, -0.05) is 0 Å². The van der Waals surface area contributed by atoms with Crippen LogP contribution in [0.4, 0.5) is 10.5 Å². The molecule has 1 aromatic carbocycles. The van der Waals surface area contributed by atoms with Crippen LogP contribution in [0.5, 0.6) is 0 Å². The zero-order valence-corrected chi connectivity index (χ0v) is 12.1. The van der Waals surface area contributed by atoms with Crippen LogP contribution in [0.2, 0.25) is 0 Å². The number of amides is 1. The molecule has 0 saturated carbocycles. The van der Waals surface area contributed by atoms with Gasteiger partial charge in [-0.3, -0.25) is 14.9 Å². The molecule has 9 heteroatoms. The Hall–Kier alpha value is -2.68. The standard InChI is InChI=1S/C14H16N2O7/c17-12-5-11(6-13(18)19)15(7-12)14(20)23-8-9-1-3-10(4-2-9)16(21)22/h1-4,11-12,17H,5-8H2,(H,18,19)/t11-,12-/m1/s1. The zero-order valence-electron chi connectivity index (χ0n) is 12.1. The number of likely N-dealkylation sites (tertiary alicyclic amines) is 1. The van der Waals surface area contributed by atoms with Crippen molar-refractivity contribution in [3.63, 3.8) is 0 Å². The molecular formula is C14H16N2O7. The third kappa shape index (κ3) is 4.39. The second-order valence-electron chi connectivity index (χ2n) is 5.27. The number of rotatable bonds is 5. The molecule has 2 atom stereocenters. The van der Waals surface area contributed by atoms with Gasteiger partial charge in [0.05, 0.1) is 24.0 Å². The molecule has 23 heavy (non-hydrogen) atoms. The van der Waals surface area contributed by atoms with E-state index in [0.717, 1.165) is 0 Å². The van der Waals surface area contributed by atoms with Crippen LogP contribution in [0.1, 0.15) is 18.4 Å². The molecule has 1 aliphatic rings. The summed E-state index contributed by atoms with van der Waals surface area (Å²) in [5.74, 6) is -1.06. The first kappa shape index (κ1) is 16.7. The van der Waals surface area contributed by atoms with Gasteiger partial charge in [0.2, 0.25) is 0 Å². The van der Waals surface area contributed by atoms with E-state index in [2.05, 4.69) is 0 Å². The highest BCUT2D eigenvalue weighted by Gasteiger charge is 2.36. The molecule has 1 saturated heterocycles. The smallest absolute Gasteiger partial charge is 0.410 e. The molecule has 124 valence electrons. The quantitative estimate of drug-likeness (QED) is 0.613. The van der Waals surface area contributed by atoms with E-state index >= 15 is 0 Å². The molecular weight excluding hydrogens is 308 g/mol. The van der Waals surface area contributed by atoms with Gasteiger partial charge in [-0.25, -0.2) is 4.79 Å². The molecule has 0 unspecified atom stereocenters. The third-order valence-corrected chi connectivity index (χ3v) is 3.55. The van der Waals surface area contributed by atoms with Crippen molar-refractivity contribution < 1.29 is 29.5 Å². The van der Waals surface area contributed by atoms with Crippen LogP contribution >= 0.6 is 0 Å². The summed E-state index contributed by atoms with van der Waals surface area (Å²) in [6.45, 7) is -0.0692. The van der Waals surface area contributed by atoms with E-state index in [-0.39, 0.29) is 31.7 Å². The summed E-state index contributed by atoms with van der Waals surface area (Å²) in [4.78, 5) is 34.0. The second-order valence-corrected chi connectivity index (χ2v) is 5.27. The Labute approximate surface area is 131 Å². The number of carboxylic acids is 1. The minimum atomic E-state index is -1.06. The Morgan fingerprint density at radius 1 is 1.35 bits per heavy atom. The SMILES string of the molecule is O=C(O)C[C@H]1C[C@@H](O)CN1C(=O)OCc1ccc([N+](=O)[O-])cc1. The number of aliphatic hydroxyl groups excluding tert-OH is 1. The highest BCUT2D eigenvalue weighted by atomic mass is 16.6. The predicted octanol–water partition coefficient (Wildman–Crippen LogP) is 1.14. The largest absolute Gasteiger partial charge is 0.481 e. The lowest BCUT2D eigenvalue weighted by Crippen LogP contribution is -2.37. The van der Waals surface area contributed by atoms with E-state index < -0.39 is 29.1 Å². The molecule has 0 aliphatic carbocycles. The fraction of sp³-hybridized carbons (Fsp3) is 0.429. The third-order valence-electron chi connectivity index (χ3n) is 3.55. The summed E-state index contributed by atoms with van der Waals surface area (Å²) in [6, 6.07) is 4.94. The van der Waals surface area contributed by atoms with E-state index in [1.165, 1.54) is 29.2 Å². The molecule has 1 heterocycles. The summed E-state index contributed by atoms with van der Waals surface area (Å²) >= 11 is 0. The lowest BCUT2D eigenvalue weighted by Gasteiger charge is -2.22. The molecule has 1 fully saturated rings. The van der Waals surface area contributed by atoms with Crippen molar-refractivity contribution in [1.82, 2.24) is 4.90 Å². The van der Waals surface area contributed by atoms with E-state index in [1.807, 2.05) is 0 Å². The molecule has 1 amide bonds. The second kappa shape index (κ2) is 7.05. The van der Waals surface area contributed by atoms with Crippen LogP contribution in [0.3, 0.4) is 0 Å². The van der Waals surface area contributed by atoms with Crippen molar-refractivity contribution in [2.24, 2.45) is 0 Å². The fourth-order valence-corrected chi connectivity index (χ4v) is 2.45. The number of hydrogen-bond acceptors (Lipinski definition) is 6. The van der Waals surface area contributed by atoms with Crippen molar-refractivity contribution in [1.29, 1.82) is 0 Å². The number of benzene rings is 1. The van der Waals surface area contributed by atoms with Gasteiger partial charge in [0.1, 0.15) is 6.61 Å². The molecule has 2 N–H and O–H groups in total. The topological polar surface area (TPSA) is 130 Å². The maximum absolute atomic E-state index is 12.0. The van der Waals surface area contributed by atoms with Crippen LogP contribution in [-0.4, -0.2) is 50.8 Å². The van der Waals surface area contributed by atoms with Crippen LogP contribution in [0, 0.1) is 10.1 Å². The van der Waals surface area contributed by atoms with Gasteiger partial charge in [0.15, 0.2) is 0 Å². The van der Waals surface area contributed by atoms with Crippen molar-refractivity contribution in [2.75, 3.05) is 6.54 Å². The Morgan fingerprint density at radius 2 is 2.00 bits per heavy atom. The average molecular weight is 324 g/mol. The Bertz CT molecular complexity index is 602. The Morgan fingerprint density at radius 3 is 2.57 bits per heavy atom. The van der Waals surface area contributed by atoms with E-state index in [4.69, 9.17) is 9.84 Å². The van der Waals surface area contributed by atoms with Gasteiger partial charge in [-0.2, -0.15) is 0 Å². The molecule has 0 bridgehead atoms. The number of nitro groups is 1. The molecule has 0 spiro atoms. The van der Waals surface area contributed by atoms with Gasteiger partial charge in [0.25, 0.3) is 5.69 Å². The van der Waals surface area contributed by atoms with Crippen molar-refractivity contribution in [2.45, 2.75) is 31.6 Å². The van der Waals surface area contributed by atoms with Gasteiger partial charge >= 0.3 is 12.1 Å². The highest BCUT2D eigenvalue weighted by molar-refractivity contribution is 5.72. The first-order valence-electron chi connectivity index (χ1n) is 6.93. The summed E-state index contributed by atoms with van der Waals surface area (Å²) in [6.07, 6.45) is -1.56. The number of nitro benzene ring substituents is 1. The lowest BCUT2D eigenvalue weighted by atomic mass is 10.1. The number of carbonyl (C=O) groups is 2. The van der Waals surface area contributed by atoms with Crippen molar-refractivity contribution in [3.8, 4) is 0 Å². The minimum Gasteiger partial charge on any atom is -0.481 e. The first-order chi connectivity index (χ1) is 10.9. The number of aliphatic hydroxyl groups is 1. The summed E-state index contributed by atoms with van der Waals surface area (Å²) in [5, 5.41) is 29.0. The zero-order chi connectivity index (χ0) is 17.0. The molecule has 0 radical (unpaired) electrons. The van der Waals surface area contributed by atoms with E-state index in [9.17, 15) is 24.8 Å². The lowest BCUT2D eigenvalue weighted by molar-refractivity contribution is -0.384. The van der Waals surface area contributed by atoms with Gasteiger partial charge in [-0.05, 0) is 24.1 Å². The van der Waals surface area contributed by atoms with Crippen molar-refractivity contribution >= 4 is 17.7 Å². The molecule has 1 aliphatic heterocycles. The summed E-state index contributed by atoms with van der Waals surface area (Å²) in [7, 11) is 0.